The summed E-state index contributed by atoms with van der Waals surface area (Å²) in [5, 5.41) is 4.87. The quantitative estimate of drug-likeness (QED) is 0.185. The van der Waals surface area contributed by atoms with E-state index in [1.54, 1.807) is 0 Å². The highest BCUT2D eigenvalue weighted by Gasteiger charge is 2.54. The highest BCUT2D eigenvalue weighted by Crippen LogP contribution is 2.64. The van der Waals surface area contributed by atoms with E-state index in [0.29, 0.717) is 0 Å². The molecule has 10 aromatic rings. The third-order valence-electron chi connectivity index (χ3n) is 11.8. The summed E-state index contributed by atoms with van der Waals surface area (Å²) in [5.74, 6) is 0.731. The van der Waals surface area contributed by atoms with E-state index in [0.717, 1.165) is 45.2 Å². The van der Waals surface area contributed by atoms with Crippen molar-refractivity contribution < 1.29 is 0 Å². The van der Waals surface area contributed by atoms with Crippen LogP contribution < -0.4 is 0 Å². The molecular formula is C51H31N3. The summed E-state index contributed by atoms with van der Waals surface area (Å²) in [5.41, 5.74) is 15.5. The van der Waals surface area contributed by atoms with Gasteiger partial charge in [0.1, 0.15) is 0 Å². The molecule has 2 heterocycles. The first kappa shape index (κ1) is 29.5. The van der Waals surface area contributed by atoms with Gasteiger partial charge in [0, 0.05) is 38.7 Å². The van der Waals surface area contributed by atoms with Crippen molar-refractivity contribution in [2.75, 3.05) is 0 Å². The summed E-state index contributed by atoms with van der Waals surface area (Å²) < 4.78 is 2.43. The molecule has 0 saturated carbocycles. The van der Waals surface area contributed by atoms with Crippen LogP contribution in [-0.2, 0) is 5.41 Å². The molecule has 250 valence electrons. The number of hydrogen-bond acceptors (Lipinski definition) is 2. The van der Waals surface area contributed by atoms with E-state index in [1.807, 2.05) is 6.07 Å². The van der Waals surface area contributed by atoms with Gasteiger partial charge in [-0.05, 0) is 62.9 Å². The number of nitrogens with zero attached hydrogens (tertiary/aromatic N) is 3. The zero-order chi connectivity index (χ0) is 35.4. The van der Waals surface area contributed by atoms with E-state index in [-0.39, 0.29) is 0 Å². The zero-order valence-corrected chi connectivity index (χ0v) is 29.2. The lowest BCUT2D eigenvalue weighted by Crippen LogP contribution is -2.27. The van der Waals surface area contributed by atoms with E-state index < -0.39 is 5.41 Å². The van der Waals surface area contributed by atoms with Crippen molar-refractivity contribution in [3.05, 3.63) is 210 Å². The number of rotatable bonds is 3. The minimum atomic E-state index is -0.659. The predicted octanol–water partition coefficient (Wildman–Crippen LogP) is 12.4. The Morgan fingerprint density at radius 1 is 0.389 bits per heavy atom. The summed E-state index contributed by atoms with van der Waals surface area (Å²) in [6.07, 6.45) is 0. The molecule has 2 aromatic heterocycles. The van der Waals surface area contributed by atoms with Crippen LogP contribution in [0.4, 0.5) is 0 Å². The fourth-order valence-electron chi connectivity index (χ4n) is 9.67. The third kappa shape index (κ3) is 3.80. The van der Waals surface area contributed by atoms with E-state index in [2.05, 4.69) is 187 Å². The predicted molar refractivity (Wildman–Crippen MR) is 221 cm³/mol. The normalized spacial score (nSPS) is 15.1. The molecule has 3 nitrogen and oxygen atoms in total. The second-order valence-electron chi connectivity index (χ2n) is 14.5. The molecule has 0 saturated heterocycles. The Kier molecular flexibility index (Phi) is 5.98. The maximum Gasteiger partial charge on any atom is 0.160 e. The first-order chi connectivity index (χ1) is 26.8. The molecule has 0 aliphatic heterocycles. The summed E-state index contributed by atoms with van der Waals surface area (Å²) in [4.78, 5) is 11.2. The average molecular weight is 686 g/mol. The molecule has 2 aliphatic carbocycles. The molecule has 0 bridgehead atoms. The fraction of sp³-hybridized carbons (Fsp3) is 0.0196. The summed E-state index contributed by atoms with van der Waals surface area (Å²) >= 11 is 0. The van der Waals surface area contributed by atoms with Gasteiger partial charge in [-0.25, -0.2) is 9.97 Å². The van der Waals surface area contributed by atoms with E-state index in [1.165, 1.54) is 60.4 Å². The van der Waals surface area contributed by atoms with Crippen molar-refractivity contribution in [2.24, 2.45) is 0 Å². The van der Waals surface area contributed by atoms with Crippen LogP contribution in [0.1, 0.15) is 22.3 Å². The fourth-order valence-corrected chi connectivity index (χ4v) is 9.67. The van der Waals surface area contributed by atoms with Gasteiger partial charge in [-0.2, -0.15) is 0 Å². The Hall–Kier alpha value is -7.10. The number of para-hydroxylation sites is 2. The standard InChI is InChI=1S/C51H31N3/c1-2-16-33(17-3-1)50-52-48(40-24-14-18-32-15-4-5-19-35(32)40)47-49(53-50)41-23-7-11-26-43(41)51(47)42-25-10-6-20-36(42)37-30-29-34(31-44(37)51)54-45-27-12-8-21-38(45)39-22-9-13-28-46(39)54/h1-31H. The van der Waals surface area contributed by atoms with Crippen molar-refractivity contribution in [3.8, 4) is 50.7 Å². The van der Waals surface area contributed by atoms with Crippen LogP contribution in [0.5, 0.6) is 0 Å². The molecule has 2 aliphatic rings. The smallest absolute Gasteiger partial charge is 0.160 e. The van der Waals surface area contributed by atoms with Crippen molar-refractivity contribution >= 4 is 32.6 Å². The largest absolute Gasteiger partial charge is 0.309 e. The summed E-state index contributed by atoms with van der Waals surface area (Å²) in [6, 6.07) is 68.2. The second kappa shape index (κ2) is 11.0. The molecule has 0 fully saturated rings. The Balaban J connectivity index is 1.25. The summed E-state index contributed by atoms with van der Waals surface area (Å²) in [6.45, 7) is 0. The topological polar surface area (TPSA) is 30.7 Å². The zero-order valence-electron chi connectivity index (χ0n) is 29.2. The van der Waals surface area contributed by atoms with Gasteiger partial charge >= 0.3 is 0 Å². The highest BCUT2D eigenvalue weighted by atomic mass is 15.0. The average Bonchev–Trinajstić information content (AvgIpc) is 3.85. The molecule has 54 heavy (non-hydrogen) atoms. The van der Waals surface area contributed by atoms with Crippen LogP contribution >= 0.6 is 0 Å². The van der Waals surface area contributed by atoms with Crippen molar-refractivity contribution in [1.29, 1.82) is 0 Å². The minimum absolute atomic E-state index is 0.659. The molecule has 12 rings (SSSR count). The van der Waals surface area contributed by atoms with Crippen LogP contribution in [-0.4, -0.2) is 14.5 Å². The molecule has 0 amide bonds. The Morgan fingerprint density at radius 2 is 0.926 bits per heavy atom. The van der Waals surface area contributed by atoms with Crippen molar-refractivity contribution in [2.45, 2.75) is 5.41 Å². The van der Waals surface area contributed by atoms with Crippen LogP contribution in [0.15, 0.2) is 188 Å². The lowest BCUT2D eigenvalue weighted by Gasteiger charge is -2.32. The molecule has 3 heteroatoms. The molecule has 1 atom stereocenters. The molecule has 0 radical (unpaired) electrons. The first-order valence-corrected chi connectivity index (χ1v) is 18.6. The summed E-state index contributed by atoms with van der Waals surface area (Å²) in [7, 11) is 0. The van der Waals surface area contributed by atoms with E-state index in [9.17, 15) is 0 Å². The first-order valence-electron chi connectivity index (χ1n) is 18.6. The van der Waals surface area contributed by atoms with E-state index in [4.69, 9.17) is 9.97 Å². The van der Waals surface area contributed by atoms with Gasteiger partial charge in [0.25, 0.3) is 0 Å². The lowest BCUT2D eigenvalue weighted by atomic mass is 9.69. The Labute approximate surface area is 312 Å². The van der Waals surface area contributed by atoms with Gasteiger partial charge < -0.3 is 4.57 Å². The van der Waals surface area contributed by atoms with Crippen LogP contribution in [0.2, 0.25) is 0 Å². The Morgan fingerprint density at radius 3 is 1.69 bits per heavy atom. The third-order valence-corrected chi connectivity index (χ3v) is 11.8. The number of fused-ring (bicyclic) bond motifs is 14. The SMILES string of the molecule is c1ccc(-c2nc3c(c(-c4cccc5ccccc45)n2)C2(c4ccccc4-c4ccc(-n5c6ccccc6c6ccccc65)cc42)c2ccccc2-3)cc1. The highest BCUT2D eigenvalue weighted by molar-refractivity contribution is 6.09. The molecule has 1 unspecified atom stereocenters. The van der Waals surface area contributed by atoms with Crippen molar-refractivity contribution in [1.82, 2.24) is 14.5 Å². The van der Waals surface area contributed by atoms with Gasteiger partial charge in [0.2, 0.25) is 0 Å². The lowest BCUT2D eigenvalue weighted by molar-refractivity contribution is 0.787. The van der Waals surface area contributed by atoms with Gasteiger partial charge in [-0.15, -0.1) is 0 Å². The van der Waals surface area contributed by atoms with Crippen LogP contribution in [0.3, 0.4) is 0 Å². The maximum absolute atomic E-state index is 5.62. The minimum Gasteiger partial charge on any atom is -0.309 e. The second-order valence-corrected chi connectivity index (χ2v) is 14.5. The van der Waals surface area contributed by atoms with Crippen LogP contribution in [0, 0.1) is 0 Å². The number of benzene rings is 8. The molecule has 1 spiro atoms. The van der Waals surface area contributed by atoms with Gasteiger partial charge in [0.05, 0.1) is 27.8 Å². The molecular weight excluding hydrogens is 655 g/mol. The Bertz CT molecular complexity index is 3110. The number of aromatic nitrogens is 3. The monoisotopic (exact) mass is 685 g/mol. The van der Waals surface area contributed by atoms with E-state index >= 15 is 0 Å². The maximum atomic E-state index is 5.62. The number of hydrogen-bond donors (Lipinski definition) is 0. The van der Waals surface area contributed by atoms with Gasteiger partial charge in [-0.1, -0.05) is 164 Å². The van der Waals surface area contributed by atoms with Gasteiger partial charge in [-0.3, -0.25) is 0 Å². The van der Waals surface area contributed by atoms with Gasteiger partial charge in [0.15, 0.2) is 5.82 Å². The molecule has 0 N–H and O–H groups in total. The molecule has 8 aromatic carbocycles. The van der Waals surface area contributed by atoms with Crippen molar-refractivity contribution in [3.63, 3.8) is 0 Å². The van der Waals surface area contributed by atoms with Crippen LogP contribution in [0.25, 0.3) is 83.3 Å².